The van der Waals surface area contributed by atoms with Gasteiger partial charge < -0.3 is 5.32 Å². The maximum absolute atomic E-state index is 12.3. The third-order valence-electron chi connectivity index (χ3n) is 4.47. The van der Waals surface area contributed by atoms with Crippen LogP contribution in [-0.2, 0) is 11.3 Å². The van der Waals surface area contributed by atoms with Gasteiger partial charge in [-0.3, -0.25) is 10.1 Å². The summed E-state index contributed by atoms with van der Waals surface area (Å²) < 4.78 is 0. The Hall–Kier alpha value is -2.91. The average molecular weight is 344 g/mol. The molecule has 3 nitrogen and oxygen atoms in total. The molecule has 0 aliphatic carbocycles. The van der Waals surface area contributed by atoms with Gasteiger partial charge in [0.05, 0.1) is 12.6 Å². The summed E-state index contributed by atoms with van der Waals surface area (Å²) in [7, 11) is 0. The highest BCUT2D eigenvalue weighted by Crippen LogP contribution is 2.21. The van der Waals surface area contributed by atoms with E-state index >= 15 is 0 Å². The van der Waals surface area contributed by atoms with Crippen LogP contribution in [0.25, 0.3) is 0 Å². The summed E-state index contributed by atoms with van der Waals surface area (Å²) in [5, 5.41) is 6.39. The lowest BCUT2D eigenvalue weighted by atomic mass is 9.99. The Morgan fingerprint density at radius 3 is 1.92 bits per heavy atom. The van der Waals surface area contributed by atoms with Crippen molar-refractivity contribution in [1.29, 1.82) is 0 Å². The summed E-state index contributed by atoms with van der Waals surface area (Å²) in [6.45, 7) is 2.87. The van der Waals surface area contributed by atoms with E-state index in [9.17, 15) is 4.79 Å². The van der Waals surface area contributed by atoms with E-state index in [0.29, 0.717) is 6.54 Å². The van der Waals surface area contributed by atoms with Crippen LogP contribution >= 0.6 is 0 Å². The summed E-state index contributed by atoms with van der Waals surface area (Å²) in [5.41, 5.74) is 4.62. The molecule has 0 radical (unpaired) electrons. The van der Waals surface area contributed by atoms with Gasteiger partial charge in [-0.2, -0.15) is 0 Å². The van der Waals surface area contributed by atoms with Crippen molar-refractivity contribution in [1.82, 2.24) is 10.6 Å². The van der Waals surface area contributed by atoms with Crippen molar-refractivity contribution in [3.05, 3.63) is 107 Å². The van der Waals surface area contributed by atoms with E-state index in [-0.39, 0.29) is 18.5 Å². The van der Waals surface area contributed by atoms with E-state index in [2.05, 4.69) is 47.9 Å². The number of hydrogen-bond donors (Lipinski definition) is 2. The summed E-state index contributed by atoms with van der Waals surface area (Å²) in [6, 6.07) is 28.5. The van der Waals surface area contributed by atoms with Crippen LogP contribution in [0.5, 0.6) is 0 Å². The van der Waals surface area contributed by atoms with E-state index in [1.165, 1.54) is 5.56 Å². The molecule has 0 unspecified atom stereocenters. The minimum atomic E-state index is -0.0124. The molecular weight excluding hydrogens is 320 g/mol. The summed E-state index contributed by atoms with van der Waals surface area (Å²) >= 11 is 0. The predicted molar refractivity (Wildman–Crippen MR) is 106 cm³/mol. The molecule has 0 fully saturated rings. The van der Waals surface area contributed by atoms with Gasteiger partial charge in [-0.05, 0) is 29.2 Å². The van der Waals surface area contributed by atoms with Gasteiger partial charge in [0.15, 0.2) is 0 Å². The van der Waals surface area contributed by atoms with Crippen LogP contribution in [-0.4, -0.2) is 12.5 Å². The van der Waals surface area contributed by atoms with Gasteiger partial charge in [-0.25, -0.2) is 0 Å². The lowest BCUT2D eigenvalue weighted by Gasteiger charge is -2.20. The molecule has 0 bridgehead atoms. The van der Waals surface area contributed by atoms with Crippen LogP contribution in [0.15, 0.2) is 84.9 Å². The molecule has 1 amide bonds. The molecule has 0 aromatic heterocycles. The van der Waals surface area contributed by atoms with E-state index < -0.39 is 0 Å². The molecule has 26 heavy (non-hydrogen) atoms. The summed E-state index contributed by atoms with van der Waals surface area (Å²) in [6.07, 6.45) is 0. The van der Waals surface area contributed by atoms with Gasteiger partial charge in [0.1, 0.15) is 0 Å². The molecule has 3 aromatic carbocycles. The number of rotatable bonds is 7. The van der Waals surface area contributed by atoms with Crippen molar-refractivity contribution in [3.63, 3.8) is 0 Å². The minimum absolute atomic E-state index is 0.00915. The molecule has 0 saturated carbocycles. The van der Waals surface area contributed by atoms with E-state index in [0.717, 1.165) is 16.7 Å². The van der Waals surface area contributed by atoms with Crippen LogP contribution < -0.4 is 10.6 Å². The molecule has 0 spiro atoms. The van der Waals surface area contributed by atoms with Crippen molar-refractivity contribution in [2.24, 2.45) is 0 Å². The van der Waals surface area contributed by atoms with Crippen LogP contribution in [0.4, 0.5) is 0 Å². The van der Waals surface area contributed by atoms with E-state index in [1.54, 1.807) is 0 Å². The summed E-state index contributed by atoms with van der Waals surface area (Å²) in [5.74, 6) is -0.00915. The average Bonchev–Trinajstić information content (AvgIpc) is 2.69. The van der Waals surface area contributed by atoms with Crippen LogP contribution in [0.3, 0.4) is 0 Å². The lowest BCUT2D eigenvalue weighted by Crippen LogP contribution is -2.35. The van der Waals surface area contributed by atoms with Gasteiger partial charge >= 0.3 is 0 Å². The number of carbonyl (C=O) groups is 1. The normalized spacial score (nSPS) is 10.7. The highest BCUT2D eigenvalue weighted by atomic mass is 16.1. The Labute approximate surface area is 155 Å². The molecule has 3 heteroatoms. The Bertz CT molecular complexity index is 792. The molecule has 0 aliphatic rings. The van der Waals surface area contributed by atoms with E-state index in [1.807, 2.05) is 54.6 Å². The molecule has 132 valence electrons. The highest BCUT2D eigenvalue weighted by Gasteiger charge is 2.14. The number of amides is 1. The fourth-order valence-electron chi connectivity index (χ4n) is 2.98. The standard InChI is InChI=1S/C23H24N2O/c1-18-10-8-9-15-21(18)16-24-22(26)17-25-23(19-11-4-2-5-12-19)20-13-6-3-7-14-20/h2-15,23,25H,16-17H2,1H3,(H,24,26). The highest BCUT2D eigenvalue weighted by molar-refractivity contribution is 5.78. The molecule has 3 aromatic rings. The van der Waals surface area contributed by atoms with Crippen molar-refractivity contribution >= 4 is 5.91 Å². The van der Waals surface area contributed by atoms with Gasteiger partial charge in [0, 0.05) is 6.54 Å². The molecule has 0 heterocycles. The molecular formula is C23H24N2O. The van der Waals surface area contributed by atoms with Crippen LogP contribution in [0.2, 0.25) is 0 Å². The first-order valence-electron chi connectivity index (χ1n) is 8.88. The number of hydrogen-bond acceptors (Lipinski definition) is 2. The first kappa shape index (κ1) is 17.9. The maximum Gasteiger partial charge on any atom is 0.234 e. The zero-order chi connectivity index (χ0) is 18.2. The SMILES string of the molecule is Cc1ccccc1CNC(=O)CNC(c1ccccc1)c1ccccc1. The smallest absolute Gasteiger partial charge is 0.234 e. The van der Waals surface area contributed by atoms with E-state index in [4.69, 9.17) is 0 Å². The Balaban J connectivity index is 1.63. The Morgan fingerprint density at radius 1 is 0.808 bits per heavy atom. The zero-order valence-corrected chi connectivity index (χ0v) is 15.0. The molecule has 2 N–H and O–H groups in total. The first-order chi connectivity index (χ1) is 12.7. The topological polar surface area (TPSA) is 41.1 Å². The minimum Gasteiger partial charge on any atom is -0.351 e. The monoisotopic (exact) mass is 344 g/mol. The van der Waals surface area contributed by atoms with Crippen molar-refractivity contribution in [2.45, 2.75) is 19.5 Å². The fourth-order valence-corrected chi connectivity index (χ4v) is 2.98. The fraction of sp³-hybridized carbons (Fsp3) is 0.174. The number of nitrogens with one attached hydrogen (secondary N) is 2. The third kappa shape index (κ3) is 4.80. The van der Waals surface area contributed by atoms with Crippen molar-refractivity contribution in [2.75, 3.05) is 6.54 Å². The number of aryl methyl sites for hydroxylation is 1. The second-order valence-electron chi connectivity index (χ2n) is 6.34. The molecule has 3 rings (SSSR count). The summed E-state index contributed by atoms with van der Waals surface area (Å²) in [4.78, 5) is 12.3. The quantitative estimate of drug-likeness (QED) is 0.680. The maximum atomic E-state index is 12.3. The van der Waals surface area contributed by atoms with Crippen molar-refractivity contribution < 1.29 is 4.79 Å². The second kappa shape index (κ2) is 8.97. The van der Waals surface area contributed by atoms with Gasteiger partial charge in [-0.15, -0.1) is 0 Å². The molecule has 0 aliphatic heterocycles. The molecule has 0 saturated heterocycles. The predicted octanol–water partition coefficient (Wildman–Crippen LogP) is 3.99. The van der Waals surface area contributed by atoms with Crippen LogP contribution in [0, 0.1) is 6.92 Å². The van der Waals surface area contributed by atoms with Crippen molar-refractivity contribution in [3.8, 4) is 0 Å². The third-order valence-corrected chi connectivity index (χ3v) is 4.47. The Kier molecular flexibility index (Phi) is 6.18. The molecule has 0 atom stereocenters. The first-order valence-corrected chi connectivity index (χ1v) is 8.88. The van der Waals surface area contributed by atoms with Gasteiger partial charge in [0.2, 0.25) is 5.91 Å². The Morgan fingerprint density at radius 2 is 1.35 bits per heavy atom. The van der Waals surface area contributed by atoms with Gasteiger partial charge in [0.25, 0.3) is 0 Å². The number of benzene rings is 3. The lowest BCUT2D eigenvalue weighted by molar-refractivity contribution is -0.120. The second-order valence-corrected chi connectivity index (χ2v) is 6.34. The zero-order valence-electron chi connectivity index (χ0n) is 15.0. The van der Waals surface area contributed by atoms with Gasteiger partial charge in [-0.1, -0.05) is 84.9 Å². The largest absolute Gasteiger partial charge is 0.351 e. The van der Waals surface area contributed by atoms with Crippen LogP contribution in [0.1, 0.15) is 28.3 Å². The number of carbonyl (C=O) groups excluding carboxylic acids is 1.